The lowest BCUT2D eigenvalue weighted by atomic mass is 9.92. The van der Waals surface area contributed by atoms with Crippen molar-refractivity contribution in [3.63, 3.8) is 0 Å². The summed E-state index contributed by atoms with van der Waals surface area (Å²) in [5.41, 5.74) is 9.96. The smallest absolute Gasteiger partial charge is 0.0600 e. The van der Waals surface area contributed by atoms with Crippen LogP contribution in [0.1, 0.15) is 51.5 Å². The van der Waals surface area contributed by atoms with E-state index < -0.39 is 0 Å². The molecular formula is C21H35N3. The Morgan fingerprint density at radius 1 is 1.04 bits per heavy atom. The highest BCUT2D eigenvalue weighted by molar-refractivity contribution is 5.68. The number of hydrogen-bond donors (Lipinski definition) is 1. The number of anilines is 2. The number of nitrogens with two attached hydrogens (primary N) is 1. The zero-order valence-electron chi connectivity index (χ0n) is 15.6. The maximum Gasteiger partial charge on any atom is 0.0600 e. The molecule has 0 aromatic heterocycles. The van der Waals surface area contributed by atoms with E-state index in [2.05, 4.69) is 41.8 Å². The minimum atomic E-state index is 0.855. The summed E-state index contributed by atoms with van der Waals surface area (Å²) in [7, 11) is 0. The van der Waals surface area contributed by atoms with Gasteiger partial charge in [0.2, 0.25) is 0 Å². The second kappa shape index (κ2) is 8.24. The number of hydrogen-bond acceptors (Lipinski definition) is 3. The summed E-state index contributed by atoms with van der Waals surface area (Å²) in [6, 6.07) is 6.76. The Morgan fingerprint density at radius 3 is 2.42 bits per heavy atom. The minimum Gasteiger partial charge on any atom is -0.397 e. The lowest BCUT2D eigenvalue weighted by Gasteiger charge is -2.35. The van der Waals surface area contributed by atoms with Gasteiger partial charge in [0.15, 0.2) is 0 Å². The van der Waals surface area contributed by atoms with Crippen molar-refractivity contribution >= 4 is 11.4 Å². The Bertz CT molecular complexity index is 512. The molecule has 0 saturated carbocycles. The number of benzene rings is 1. The fraction of sp³-hybridized carbons (Fsp3) is 0.714. The molecule has 0 aliphatic carbocycles. The van der Waals surface area contributed by atoms with Crippen molar-refractivity contribution in [2.45, 2.75) is 52.4 Å². The lowest BCUT2D eigenvalue weighted by Crippen LogP contribution is -2.39. The number of likely N-dealkylation sites (tertiary alicyclic amines) is 1. The monoisotopic (exact) mass is 329 g/mol. The third kappa shape index (κ3) is 4.66. The highest BCUT2D eigenvalue weighted by Gasteiger charge is 2.21. The third-order valence-corrected chi connectivity index (χ3v) is 5.67. The van der Waals surface area contributed by atoms with Crippen LogP contribution in [-0.4, -0.2) is 37.6 Å². The van der Waals surface area contributed by atoms with Gasteiger partial charge in [0.1, 0.15) is 0 Å². The molecule has 2 N–H and O–H groups in total. The highest BCUT2D eigenvalue weighted by Crippen LogP contribution is 2.28. The van der Waals surface area contributed by atoms with E-state index in [0.717, 1.165) is 37.0 Å². The van der Waals surface area contributed by atoms with Gasteiger partial charge >= 0.3 is 0 Å². The van der Waals surface area contributed by atoms with Crippen molar-refractivity contribution < 1.29 is 0 Å². The van der Waals surface area contributed by atoms with Gasteiger partial charge in [-0.2, -0.15) is 0 Å². The van der Waals surface area contributed by atoms with Crippen molar-refractivity contribution in [1.29, 1.82) is 0 Å². The normalized spacial score (nSPS) is 25.8. The molecule has 0 amide bonds. The first-order chi connectivity index (χ1) is 11.6. The molecule has 2 aliphatic rings. The van der Waals surface area contributed by atoms with Crippen LogP contribution in [-0.2, 0) is 6.42 Å². The van der Waals surface area contributed by atoms with Gasteiger partial charge in [-0.3, -0.25) is 0 Å². The molecule has 0 radical (unpaired) electrons. The van der Waals surface area contributed by atoms with Gasteiger partial charge in [0.05, 0.1) is 11.4 Å². The highest BCUT2D eigenvalue weighted by atomic mass is 15.1. The summed E-state index contributed by atoms with van der Waals surface area (Å²) in [4.78, 5) is 5.11. The van der Waals surface area contributed by atoms with Gasteiger partial charge in [0, 0.05) is 26.2 Å². The molecule has 2 fully saturated rings. The molecule has 1 aromatic rings. The van der Waals surface area contributed by atoms with E-state index in [4.69, 9.17) is 5.73 Å². The van der Waals surface area contributed by atoms with Gasteiger partial charge in [-0.1, -0.05) is 19.9 Å². The van der Waals surface area contributed by atoms with Crippen molar-refractivity contribution in [3.05, 3.63) is 23.8 Å². The predicted molar refractivity (Wildman–Crippen MR) is 105 cm³/mol. The number of rotatable bonds is 5. The van der Waals surface area contributed by atoms with Crippen molar-refractivity contribution in [2.75, 3.05) is 43.4 Å². The van der Waals surface area contributed by atoms with Gasteiger partial charge in [-0.15, -0.1) is 0 Å². The summed E-state index contributed by atoms with van der Waals surface area (Å²) >= 11 is 0. The van der Waals surface area contributed by atoms with E-state index in [9.17, 15) is 0 Å². The molecule has 3 rings (SSSR count). The number of nitrogens with zero attached hydrogens (tertiary/aromatic N) is 2. The summed E-state index contributed by atoms with van der Waals surface area (Å²) < 4.78 is 0. The van der Waals surface area contributed by atoms with Crippen molar-refractivity contribution in [1.82, 2.24) is 4.90 Å². The molecule has 3 heteroatoms. The number of piperidine rings is 2. The maximum absolute atomic E-state index is 6.35. The SMILES string of the molecule is CC1CC(C)CN(CCCc2ccc(N3CCCCC3)c(N)c2)C1. The van der Waals surface area contributed by atoms with E-state index in [1.54, 1.807) is 0 Å². The molecule has 2 atom stereocenters. The third-order valence-electron chi connectivity index (χ3n) is 5.67. The molecule has 2 unspecified atom stereocenters. The first kappa shape index (κ1) is 17.6. The predicted octanol–water partition coefficient (Wildman–Crippen LogP) is 4.17. The summed E-state index contributed by atoms with van der Waals surface area (Å²) in [6.07, 6.45) is 7.74. The van der Waals surface area contributed by atoms with E-state index in [-0.39, 0.29) is 0 Å². The van der Waals surface area contributed by atoms with Crippen molar-refractivity contribution in [3.8, 4) is 0 Å². The van der Waals surface area contributed by atoms with Crippen LogP contribution >= 0.6 is 0 Å². The largest absolute Gasteiger partial charge is 0.397 e. The number of nitrogen functional groups attached to an aromatic ring is 1. The summed E-state index contributed by atoms with van der Waals surface area (Å²) in [6.45, 7) is 10.9. The zero-order valence-corrected chi connectivity index (χ0v) is 15.6. The van der Waals surface area contributed by atoms with Crippen molar-refractivity contribution in [2.24, 2.45) is 11.8 Å². The van der Waals surface area contributed by atoms with Gasteiger partial charge in [0.25, 0.3) is 0 Å². The first-order valence-corrected chi connectivity index (χ1v) is 9.97. The second-order valence-corrected chi connectivity index (χ2v) is 8.25. The average molecular weight is 330 g/mol. The fourth-order valence-corrected chi connectivity index (χ4v) is 4.66. The number of aryl methyl sites for hydroxylation is 1. The molecule has 1 aromatic carbocycles. The Hall–Kier alpha value is -1.22. The molecule has 24 heavy (non-hydrogen) atoms. The molecule has 0 spiro atoms. The van der Waals surface area contributed by atoms with Gasteiger partial charge in [-0.25, -0.2) is 0 Å². The fourth-order valence-electron chi connectivity index (χ4n) is 4.66. The van der Waals surface area contributed by atoms with Crippen LogP contribution in [0.15, 0.2) is 18.2 Å². The minimum absolute atomic E-state index is 0.855. The van der Waals surface area contributed by atoms with Crippen LogP contribution < -0.4 is 10.6 Å². The first-order valence-electron chi connectivity index (χ1n) is 9.97. The van der Waals surface area contributed by atoms with Crippen LogP contribution in [0.2, 0.25) is 0 Å². The average Bonchev–Trinajstić information content (AvgIpc) is 2.55. The molecule has 134 valence electrons. The van der Waals surface area contributed by atoms with E-state index in [1.165, 1.54) is 63.0 Å². The molecule has 3 nitrogen and oxygen atoms in total. The Labute approximate surface area is 148 Å². The summed E-state index contributed by atoms with van der Waals surface area (Å²) in [5, 5.41) is 0. The van der Waals surface area contributed by atoms with E-state index >= 15 is 0 Å². The second-order valence-electron chi connectivity index (χ2n) is 8.25. The standard InChI is InChI=1S/C21H35N3/c1-17-13-18(2)16-23(15-17)10-6-7-19-8-9-21(20(22)14-19)24-11-4-3-5-12-24/h8-9,14,17-18H,3-7,10-13,15-16,22H2,1-2H3. The zero-order chi connectivity index (χ0) is 16.9. The van der Waals surface area contributed by atoms with Crippen LogP contribution in [0.4, 0.5) is 11.4 Å². The summed E-state index contributed by atoms with van der Waals surface area (Å²) in [5.74, 6) is 1.71. The Kier molecular flexibility index (Phi) is 6.04. The molecule has 2 heterocycles. The van der Waals surface area contributed by atoms with Gasteiger partial charge < -0.3 is 15.5 Å². The molecule has 0 bridgehead atoms. The van der Waals surface area contributed by atoms with Crippen LogP contribution in [0.5, 0.6) is 0 Å². The van der Waals surface area contributed by atoms with Gasteiger partial charge in [-0.05, 0) is 74.6 Å². The van der Waals surface area contributed by atoms with E-state index in [0.29, 0.717) is 0 Å². The quantitative estimate of drug-likeness (QED) is 0.823. The molecular weight excluding hydrogens is 294 g/mol. The Balaban J connectivity index is 1.49. The molecule has 2 saturated heterocycles. The maximum atomic E-state index is 6.35. The Morgan fingerprint density at radius 2 is 1.75 bits per heavy atom. The van der Waals surface area contributed by atoms with Crippen LogP contribution in [0.3, 0.4) is 0 Å². The lowest BCUT2D eigenvalue weighted by molar-refractivity contribution is 0.140. The van der Waals surface area contributed by atoms with Crippen LogP contribution in [0.25, 0.3) is 0 Å². The molecule has 2 aliphatic heterocycles. The van der Waals surface area contributed by atoms with E-state index in [1.807, 2.05) is 0 Å². The topological polar surface area (TPSA) is 32.5 Å². The van der Waals surface area contributed by atoms with Crippen LogP contribution in [0, 0.1) is 11.8 Å².